The molecule has 2 atom stereocenters. The number of methoxy groups -OCH3 is 1. The average Bonchev–Trinajstić information content (AvgIpc) is 2.38. The second-order valence-corrected chi connectivity index (χ2v) is 4.31. The Balaban J connectivity index is -0.000000354. The maximum absolute atomic E-state index is 11.7. The van der Waals surface area contributed by atoms with Crippen molar-refractivity contribution in [2.45, 2.75) is 24.7 Å². The van der Waals surface area contributed by atoms with Gasteiger partial charge in [-0.2, -0.15) is 8.78 Å². The van der Waals surface area contributed by atoms with E-state index >= 15 is 0 Å². The Bertz CT molecular complexity index is 260. The number of rotatable bonds is 12. The van der Waals surface area contributed by atoms with Gasteiger partial charge in [0.25, 0.3) is 0 Å². The largest absolute Gasteiger partial charge is 0.419 e. The molecule has 12 heteroatoms. The van der Waals surface area contributed by atoms with Gasteiger partial charge in [0.1, 0.15) is 12.7 Å². The van der Waals surface area contributed by atoms with Crippen LogP contribution in [0.1, 0.15) is 6.42 Å². The normalized spacial score (nSPS) is 13.8. The predicted molar refractivity (Wildman–Crippen MR) is 69.9 cm³/mol. The topological polar surface area (TPSA) is 109 Å². The number of aliphatic hydroxyl groups excluding tert-OH is 3. The Morgan fingerprint density at radius 3 is 2.00 bits per heavy atom. The minimum absolute atomic E-state index is 0. The van der Waals surface area contributed by atoms with Gasteiger partial charge in [0.15, 0.2) is 0 Å². The number of alkyl halides is 2. The van der Waals surface area contributed by atoms with Crippen LogP contribution in [-0.2, 0) is 14.2 Å². The van der Waals surface area contributed by atoms with E-state index in [0.29, 0.717) is 0 Å². The van der Waals surface area contributed by atoms with Crippen molar-refractivity contribution >= 4 is 0 Å². The van der Waals surface area contributed by atoms with E-state index < -0.39 is 38.0 Å². The van der Waals surface area contributed by atoms with Gasteiger partial charge in [-0.15, -0.1) is 0 Å². The number of hydrogen-bond donors (Lipinski definition) is 4. The third-order valence-corrected chi connectivity index (χ3v) is 1.93. The van der Waals surface area contributed by atoms with Crippen LogP contribution < -0.4 is 0 Å². The van der Waals surface area contributed by atoms with Gasteiger partial charge in [-0.3, -0.25) is 0 Å². The van der Waals surface area contributed by atoms with E-state index in [1.165, 1.54) is 7.11 Å². The first-order valence-electron chi connectivity index (χ1n) is 6.50. The second-order valence-electron chi connectivity index (χ2n) is 4.31. The van der Waals surface area contributed by atoms with Crippen LogP contribution in [0.3, 0.4) is 0 Å². The van der Waals surface area contributed by atoms with Crippen molar-refractivity contribution in [3.8, 4) is 0 Å². The number of halogens is 4. The SMILES string of the molecule is COCC(O)COCC(O)(F)F.OCCC(O)COC[C-](F)F.[Rf]. The summed E-state index contributed by atoms with van der Waals surface area (Å²) in [6, 6.07) is 0. The fraction of sp³-hybridized carbons (Fsp3) is 0.917. The van der Waals surface area contributed by atoms with Crippen molar-refractivity contribution < 1.29 is 52.2 Å². The van der Waals surface area contributed by atoms with Crippen LogP contribution in [0.4, 0.5) is 17.6 Å². The molecule has 7 nitrogen and oxygen atoms in total. The molecule has 2 unspecified atom stereocenters. The molecule has 0 amide bonds. The maximum atomic E-state index is 11.7. The molecular formula is C12H23F4O7Rf-. The molecule has 0 aliphatic carbocycles. The van der Waals surface area contributed by atoms with Crippen LogP contribution in [0.2, 0.25) is 0 Å². The molecule has 0 aromatic heterocycles. The molecule has 0 rings (SSSR count). The van der Waals surface area contributed by atoms with Gasteiger partial charge in [-0.25, -0.2) is 0 Å². The first-order chi connectivity index (χ1) is 10.6. The first kappa shape index (κ1) is 27.3. The van der Waals surface area contributed by atoms with Gasteiger partial charge in [-0.1, -0.05) is 0 Å². The van der Waals surface area contributed by atoms with Crippen molar-refractivity contribution in [2.24, 2.45) is 0 Å². The molecule has 0 aromatic carbocycles. The van der Waals surface area contributed by atoms with E-state index in [-0.39, 0.29) is 32.8 Å². The Labute approximate surface area is 131 Å². The Kier molecular flexibility index (Phi) is 18.5. The van der Waals surface area contributed by atoms with Crippen LogP contribution >= 0.6 is 0 Å². The molecule has 0 saturated carbocycles. The van der Waals surface area contributed by atoms with Gasteiger partial charge in [0.2, 0.25) is 0 Å². The third kappa shape index (κ3) is 25.4. The summed E-state index contributed by atoms with van der Waals surface area (Å²) < 4.78 is 59.2. The zero-order chi connectivity index (χ0) is 18.3. The zero-order valence-electron chi connectivity index (χ0n) is 13.3. The van der Waals surface area contributed by atoms with Crippen molar-refractivity contribution in [1.29, 1.82) is 0 Å². The molecular weight excluding hydrogens is 599 g/mol. The fourth-order valence-corrected chi connectivity index (χ4v) is 1.06. The molecule has 0 saturated heterocycles. The fourth-order valence-electron chi connectivity index (χ4n) is 1.06. The molecule has 0 aromatic rings. The van der Waals surface area contributed by atoms with E-state index in [2.05, 4.69) is 14.2 Å². The van der Waals surface area contributed by atoms with Gasteiger partial charge < -0.3 is 43.4 Å². The molecule has 24 heavy (non-hydrogen) atoms. The second kappa shape index (κ2) is 16.3. The Hall–Kier alpha value is -1.56. The van der Waals surface area contributed by atoms with Crippen molar-refractivity contribution in [3.63, 3.8) is 0 Å². The molecule has 0 aliphatic heterocycles. The minimum atomic E-state index is -3.84. The molecule has 144 valence electrons. The summed E-state index contributed by atoms with van der Waals surface area (Å²) in [5.74, 6) is 0. The van der Waals surface area contributed by atoms with E-state index in [9.17, 15) is 17.6 Å². The first-order valence-corrected chi connectivity index (χ1v) is 6.50. The quantitative estimate of drug-likeness (QED) is 0.176. The molecule has 0 spiro atoms. The van der Waals surface area contributed by atoms with Gasteiger partial charge in [0.05, 0.1) is 25.9 Å². The summed E-state index contributed by atoms with van der Waals surface area (Å²) in [5, 5.41) is 33.9. The monoisotopic (exact) mass is 622 g/mol. The van der Waals surface area contributed by atoms with Gasteiger partial charge >= 0.3 is 6.11 Å². The summed E-state index contributed by atoms with van der Waals surface area (Å²) in [7, 11) is 1.36. The van der Waals surface area contributed by atoms with Crippen molar-refractivity contribution in [1.82, 2.24) is 0 Å². The van der Waals surface area contributed by atoms with Crippen LogP contribution in [0.25, 0.3) is 0 Å². The van der Waals surface area contributed by atoms with Gasteiger partial charge in [-0.05, 0) is 13.0 Å². The van der Waals surface area contributed by atoms with E-state index in [1.807, 2.05) is 0 Å². The molecule has 0 heterocycles. The van der Waals surface area contributed by atoms with Crippen molar-refractivity contribution in [2.75, 3.05) is 46.8 Å². The van der Waals surface area contributed by atoms with Crippen LogP contribution in [-0.4, -0.2) is 85.5 Å². The summed E-state index contributed by atoms with van der Waals surface area (Å²) in [6.07, 6.45) is -7.32. The molecule has 0 aliphatic rings. The van der Waals surface area contributed by atoms with Gasteiger partial charge in [0, 0.05) is 20.1 Å². The zero-order valence-corrected chi connectivity index (χ0v) is 19.7. The summed E-state index contributed by atoms with van der Waals surface area (Å²) in [6.45, 7) is -2.48. The standard InChI is InChI=1S/C6H12F2O4.C6H11F2O3.Rf/c1-11-2-5(9)3-12-4-6(7,8)10;7-6(8)4-11-3-5(10)1-2-9;/h5,9-10H,2-4H2,1H3;5,9-10H,1-4H2;/q;-1;. The molecule has 0 radical (unpaired) electrons. The summed E-state index contributed by atoms with van der Waals surface area (Å²) in [4.78, 5) is 0. The molecule has 0 bridgehead atoms. The van der Waals surface area contributed by atoms with Crippen LogP contribution in [0.15, 0.2) is 0 Å². The van der Waals surface area contributed by atoms with E-state index in [1.54, 1.807) is 0 Å². The maximum Gasteiger partial charge on any atom is 0.376 e. The Morgan fingerprint density at radius 1 is 1.04 bits per heavy atom. The molecule has 4 N–H and O–H groups in total. The number of hydrogen-bond acceptors (Lipinski definition) is 7. The summed E-state index contributed by atoms with van der Waals surface area (Å²) in [5.41, 5.74) is 0. The van der Waals surface area contributed by atoms with Crippen LogP contribution in [0, 0.1) is 6.43 Å². The molecule has 0 fully saturated rings. The minimum Gasteiger partial charge on any atom is -0.419 e. The number of aliphatic hydroxyl groups is 4. The Morgan fingerprint density at radius 2 is 1.58 bits per heavy atom. The smallest absolute Gasteiger partial charge is 0.376 e. The third-order valence-electron chi connectivity index (χ3n) is 1.93. The van der Waals surface area contributed by atoms with E-state index in [4.69, 9.17) is 20.4 Å². The summed E-state index contributed by atoms with van der Waals surface area (Å²) >= 11 is 0. The number of ether oxygens (including phenoxy) is 3. The predicted octanol–water partition coefficient (Wildman–Crippen LogP) is -0.230. The van der Waals surface area contributed by atoms with E-state index in [0.717, 1.165) is 0 Å². The van der Waals surface area contributed by atoms with Crippen molar-refractivity contribution in [3.05, 3.63) is 6.43 Å². The average molecular weight is 622 g/mol. The van der Waals surface area contributed by atoms with Crippen LogP contribution in [0.5, 0.6) is 0 Å².